The normalized spacial score (nSPS) is 14.1. The van der Waals surface area contributed by atoms with Crippen molar-refractivity contribution in [2.45, 2.75) is 59.1 Å². The van der Waals surface area contributed by atoms with E-state index in [-0.39, 0.29) is 0 Å². The Morgan fingerprint density at radius 2 is 1.85 bits per heavy atom. The number of allylic oxidation sites excluding steroid dienone is 1. The van der Waals surface area contributed by atoms with Crippen molar-refractivity contribution in [1.29, 1.82) is 0 Å². The van der Waals surface area contributed by atoms with Crippen LogP contribution in [0, 0.1) is 5.41 Å². The zero-order chi connectivity index (χ0) is 16.0. The molecule has 2 N–H and O–H groups in total. The Hall–Kier alpha value is -1.17. The lowest BCUT2D eigenvalue weighted by Crippen LogP contribution is -2.51. The van der Waals surface area contributed by atoms with Crippen molar-refractivity contribution in [3.63, 3.8) is 0 Å². The molecule has 0 fully saturated rings. The van der Waals surface area contributed by atoms with E-state index in [1.165, 1.54) is 0 Å². The zero-order valence-electron chi connectivity index (χ0n) is 12.8. The Balaban J connectivity index is 4.79. The minimum Gasteiger partial charge on any atom is -0.480 e. The summed E-state index contributed by atoms with van der Waals surface area (Å²) in [5, 5.41) is 13.4. The van der Waals surface area contributed by atoms with Crippen molar-refractivity contribution in [3.05, 3.63) is 11.5 Å². The summed E-state index contributed by atoms with van der Waals surface area (Å²) in [6.07, 6.45) is 2.42. The van der Waals surface area contributed by atoms with E-state index in [0.717, 1.165) is 0 Å². The van der Waals surface area contributed by atoms with E-state index in [0.29, 0.717) is 12.8 Å². The lowest BCUT2D eigenvalue weighted by molar-refractivity contribution is -0.142. The van der Waals surface area contributed by atoms with Crippen molar-refractivity contribution in [2.24, 2.45) is 5.41 Å². The summed E-state index contributed by atoms with van der Waals surface area (Å²) in [6, 6.07) is -1.01. The van der Waals surface area contributed by atoms with E-state index in [1.807, 2.05) is 6.08 Å². The van der Waals surface area contributed by atoms with Gasteiger partial charge in [-0.15, -0.1) is 0 Å². The van der Waals surface area contributed by atoms with Gasteiger partial charge < -0.3 is 15.2 Å². The molecular formula is C14H25NO4S. The molecule has 0 bridgehead atoms. The monoisotopic (exact) mass is 303 g/mol. The van der Waals surface area contributed by atoms with Gasteiger partial charge in [0.1, 0.15) is 11.6 Å². The molecular weight excluding hydrogens is 278 g/mol. The van der Waals surface area contributed by atoms with Crippen LogP contribution >= 0.6 is 12.6 Å². The fourth-order valence-corrected chi connectivity index (χ4v) is 1.84. The van der Waals surface area contributed by atoms with Gasteiger partial charge in [0.2, 0.25) is 0 Å². The maximum atomic E-state index is 11.7. The summed E-state index contributed by atoms with van der Waals surface area (Å²) in [7, 11) is 0. The zero-order valence-corrected chi connectivity index (χ0v) is 13.7. The number of amides is 1. The van der Waals surface area contributed by atoms with Gasteiger partial charge in [0.15, 0.2) is 0 Å². The number of nitrogens with one attached hydrogen (secondary N) is 1. The molecule has 0 spiro atoms. The van der Waals surface area contributed by atoms with E-state index in [9.17, 15) is 14.7 Å². The van der Waals surface area contributed by atoms with Gasteiger partial charge in [0.05, 0.1) is 0 Å². The molecule has 116 valence electrons. The molecule has 0 rings (SSSR count). The van der Waals surface area contributed by atoms with Crippen molar-refractivity contribution >= 4 is 24.7 Å². The molecule has 0 aromatic rings. The second-order valence-electron chi connectivity index (χ2n) is 6.33. The average Bonchev–Trinajstić information content (AvgIpc) is 2.23. The summed E-state index contributed by atoms with van der Waals surface area (Å²) in [5.74, 6) is -1.07. The molecule has 0 heterocycles. The number of carbonyl (C=O) groups excluding carboxylic acids is 1. The summed E-state index contributed by atoms with van der Waals surface area (Å²) in [5.41, 5.74) is -1.26. The van der Waals surface area contributed by atoms with Gasteiger partial charge in [-0.05, 0) is 44.4 Å². The first kappa shape index (κ1) is 18.8. The van der Waals surface area contributed by atoms with Gasteiger partial charge in [-0.3, -0.25) is 0 Å². The van der Waals surface area contributed by atoms with Crippen LogP contribution in [0.15, 0.2) is 11.5 Å². The van der Waals surface area contributed by atoms with E-state index in [2.05, 4.69) is 17.9 Å². The van der Waals surface area contributed by atoms with E-state index in [1.54, 1.807) is 40.0 Å². The Morgan fingerprint density at radius 1 is 1.30 bits per heavy atom. The van der Waals surface area contributed by atoms with Gasteiger partial charge >= 0.3 is 12.1 Å². The van der Waals surface area contributed by atoms with E-state index >= 15 is 0 Å². The number of carbonyl (C=O) groups is 2. The smallest absolute Gasteiger partial charge is 0.408 e. The molecule has 5 nitrogen and oxygen atoms in total. The summed E-state index contributed by atoms with van der Waals surface area (Å²) < 4.78 is 5.10. The third-order valence-corrected chi connectivity index (χ3v) is 2.96. The van der Waals surface area contributed by atoms with Crippen molar-refractivity contribution in [1.82, 2.24) is 5.32 Å². The number of alkyl carbamates (subject to hydrolysis) is 1. The lowest BCUT2D eigenvalue weighted by Gasteiger charge is -2.32. The van der Waals surface area contributed by atoms with Gasteiger partial charge in [-0.2, -0.15) is 12.6 Å². The first-order chi connectivity index (χ1) is 8.99. The molecule has 1 atom stereocenters. The number of ether oxygens (including phenoxy) is 1. The number of hydrogen-bond acceptors (Lipinski definition) is 4. The van der Waals surface area contributed by atoms with Gasteiger partial charge in [-0.25, -0.2) is 9.59 Å². The molecule has 1 amide bonds. The minimum atomic E-state index is -1.07. The van der Waals surface area contributed by atoms with Crippen molar-refractivity contribution in [2.75, 3.05) is 0 Å². The molecule has 0 aliphatic rings. The number of rotatable bonds is 6. The molecule has 0 aromatic carbocycles. The predicted molar refractivity (Wildman–Crippen MR) is 81.9 cm³/mol. The van der Waals surface area contributed by atoms with Gasteiger partial charge in [-0.1, -0.05) is 19.9 Å². The standard InChI is InChI=1S/C14H25NO4S/c1-13(2,3)19-12(18)15-10(11(16)17)14(4,5)8-6-7-9-20/h7,9-10,20H,6,8H2,1-5H3,(H,15,18)(H,16,17)/t10-/m1/s1. The highest BCUT2D eigenvalue weighted by atomic mass is 32.1. The molecule has 0 aromatic heterocycles. The van der Waals surface area contributed by atoms with Crippen LogP contribution in [0.1, 0.15) is 47.5 Å². The molecule has 6 heteroatoms. The molecule has 0 saturated heterocycles. The summed E-state index contributed by atoms with van der Waals surface area (Å²) in [4.78, 5) is 23.1. The molecule has 0 unspecified atom stereocenters. The van der Waals surface area contributed by atoms with Crippen LogP contribution < -0.4 is 5.32 Å². The fourth-order valence-electron chi connectivity index (χ4n) is 1.69. The lowest BCUT2D eigenvalue weighted by atomic mass is 9.80. The van der Waals surface area contributed by atoms with Crippen LogP contribution in [0.3, 0.4) is 0 Å². The predicted octanol–water partition coefficient (Wildman–Crippen LogP) is 3.21. The topological polar surface area (TPSA) is 75.6 Å². The van der Waals surface area contributed by atoms with Crippen molar-refractivity contribution in [3.8, 4) is 0 Å². The SMILES string of the molecule is CC(C)(C)OC(=O)N[C@H](C(=O)O)C(C)(C)CCC=CS. The van der Waals surface area contributed by atoms with Crippen molar-refractivity contribution < 1.29 is 19.4 Å². The maximum absolute atomic E-state index is 11.7. The van der Waals surface area contributed by atoms with Crippen LogP contribution in [0.5, 0.6) is 0 Å². The largest absolute Gasteiger partial charge is 0.480 e. The van der Waals surface area contributed by atoms with Crippen LogP contribution in [0.4, 0.5) is 4.79 Å². The van der Waals surface area contributed by atoms with Crippen LogP contribution in [0.2, 0.25) is 0 Å². The fraction of sp³-hybridized carbons (Fsp3) is 0.714. The van der Waals surface area contributed by atoms with E-state index < -0.39 is 29.1 Å². The van der Waals surface area contributed by atoms with Crippen LogP contribution in [-0.2, 0) is 9.53 Å². The van der Waals surface area contributed by atoms with Crippen LogP contribution in [0.25, 0.3) is 0 Å². The van der Waals surface area contributed by atoms with Gasteiger partial charge in [0.25, 0.3) is 0 Å². The quantitative estimate of drug-likeness (QED) is 0.659. The molecule has 0 saturated carbocycles. The number of carboxylic acid groups (broad SMARTS) is 1. The van der Waals surface area contributed by atoms with Gasteiger partial charge in [0, 0.05) is 0 Å². The second kappa shape index (κ2) is 7.57. The first-order valence-corrected chi connectivity index (χ1v) is 7.03. The number of thiol groups is 1. The highest BCUT2D eigenvalue weighted by Crippen LogP contribution is 2.28. The average molecular weight is 303 g/mol. The van der Waals surface area contributed by atoms with Crippen LogP contribution in [-0.4, -0.2) is 28.8 Å². The number of hydrogen-bond donors (Lipinski definition) is 3. The molecule has 0 radical (unpaired) electrons. The maximum Gasteiger partial charge on any atom is 0.408 e. The molecule has 0 aliphatic heterocycles. The Labute approximate surface area is 126 Å². The third-order valence-electron chi connectivity index (χ3n) is 2.75. The Bertz CT molecular complexity index is 372. The second-order valence-corrected chi connectivity index (χ2v) is 6.63. The highest BCUT2D eigenvalue weighted by molar-refractivity contribution is 7.83. The minimum absolute atomic E-state index is 0.601. The molecule has 20 heavy (non-hydrogen) atoms. The number of aliphatic carboxylic acids is 1. The number of carboxylic acids is 1. The summed E-state index contributed by atoms with van der Waals surface area (Å²) >= 11 is 3.96. The molecule has 0 aliphatic carbocycles. The third kappa shape index (κ3) is 7.43. The highest BCUT2D eigenvalue weighted by Gasteiger charge is 2.36. The summed E-state index contributed by atoms with van der Waals surface area (Å²) in [6.45, 7) is 8.78. The Kier molecular flexibility index (Phi) is 7.13. The first-order valence-electron chi connectivity index (χ1n) is 6.51. The Morgan fingerprint density at radius 3 is 2.25 bits per heavy atom. The van der Waals surface area contributed by atoms with E-state index in [4.69, 9.17) is 4.74 Å².